The molecule has 3 rings (SSSR count). The lowest BCUT2D eigenvalue weighted by Gasteiger charge is -2.23. The van der Waals surface area contributed by atoms with Crippen LogP contribution in [0.5, 0.6) is 0 Å². The summed E-state index contributed by atoms with van der Waals surface area (Å²) in [7, 11) is 0. The number of carbonyl (C=O) groups is 2. The van der Waals surface area contributed by atoms with Gasteiger partial charge in [0.1, 0.15) is 0 Å². The van der Waals surface area contributed by atoms with E-state index >= 15 is 0 Å². The lowest BCUT2D eigenvalue weighted by molar-refractivity contribution is -0.142. The van der Waals surface area contributed by atoms with Gasteiger partial charge in [0.15, 0.2) is 0 Å². The van der Waals surface area contributed by atoms with Crippen LogP contribution in [0.1, 0.15) is 28.9 Å². The predicted octanol–water partition coefficient (Wildman–Crippen LogP) is 3.36. The third-order valence-corrected chi connectivity index (χ3v) is 4.17. The normalized spacial score (nSPS) is 13.4. The summed E-state index contributed by atoms with van der Waals surface area (Å²) < 4.78 is 0. The molecule has 24 heavy (non-hydrogen) atoms. The molecule has 2 aromatic carbocycles. The van der Waals surface area contributed by atoms with E-state index in [-0.39, 0.29) is 5.91 Å². The zero-order valence-electron chi connectivity index (χ0n) is 13.2. The Morgan fingerprint density at radius 1 is 1.04 bits per heavy atom. The van der Waals surface area contributed by atoms with Crippen molar-refractivity contribution in [3.8, 4) is 0 Å². The molecule has 0 saturated heterocycles. The molecule has 0 aliphatic carbocycles. The van der Waals surface area contributed by atoms with Crippen molar-refractivity contribution in [2.75, 3.05) is 0 Å². The highest BCUT2D eigenvalue weighted by Crippen LogP contribution is 2.24. The first-order chi connectivity index (χ1) is 11.6. The van der Waals surface area contributed by atoms with Gasteiger partial charge in [0, 0.05) is 11.6 Å². The van der Waals surface area contributed by atoms with Gasteiger partial charge in [-0.25, -0.2) is 0 Å². The number of fused-ring (bicyclic) bond motifs is 1. The Bertz CT molecular complexity index is 870. The van der Waals surface area contributed by atoms with E-state index in [4.69, 9.17) is 0 Å². The molecule has 0 aliphatic heterocycles. The number of para-hydroxylation sites is 1. The number of amides is 1. The summed E-state index contributed by atoms with van der Waals surface area (Å²) in [5, 5.41) is 13.2. The van der Waals surface area contributed by atoms with E-state index in [1.54, 1.807) is 19.2 Å². The first-order valence-corrected chi connectivity index (χ1v) is 7.72. The molecule has 0 radical (unpaired) electrons. The molecule has 3 N–H and O–H groups in total. The minimum absolute atomic E-state index is 0.301. The maximum absolute atomic E-state index is 12.7. The fourth-order valence-corrected chi connectivity index (χ4v) is 2.79. The molecule has 2 atom stereocenters. The van der Waals surface area contributed by atoms with Crippen LogP contribution < -0.4 is 5.32 Å². The molecule has 3 aromatic rings. The molecule has 1 aromatic heterocycles. The highest BCUT2D eigenvalue weighted by atomic mass is 16.4. The fourth-order valence-electron chi connectivity index (χ4n) is 2.79. The zero-order valence-corrected chi connectivity index (χ0v) is 13.2. The van der Waals surface area contributed by atoms with Crippen LogP contribution in [0.3, 0.4) is 0 Å². The van der Waals surface area contributed by atoms with Crippen LogP contribution in [0.15, 0.2) is 60.8 Å². The lowest BCUT2D eigenvalue weighted by Crippen LogP contribution is -2.35. The van der Waals surface area contributed by atoms with Gasteiger partial charge >= 0.3 is 5.97 Å². The van der Waals surface area contributed by atoms with Crippen molar-refractivity contribution >= 4 is 22.8 Å². The molecule has 0 spiro atoms. The van der Waals surface area contributed by atoms with Gasteiger partial charge in [-0.15, -0.1) is 0 Å². The third-order valence-electron chi connectivity index (χ3n) is 4.17. The summed E-state index contributed by atoms with van der Waals surface area (Å²) in [6.45, 7) is 1.59. The summed E-state index contributed by atoms with van der Waals surface area (Å²) in [6, 6.07) is 15.9. The van der Waals surface area contributed by atoms with Crippen LogP contribution in [0.2, 0.25) is 0 Å². The molecule has 5 nitrogen and oxygen atoms in total. The molecule has 0 saturated carbocycles. The number of aromatic amines is 1. The summed E-state index contributed by atoms with van der Waals surface area (Å²) in [6.07, 6.45) is 1.77. The molecule has 1 amide bonds. The number of benzene rings is 2. The Hall–Kier alpha value is -3.08. The Morgan fingerprint density at radius 2 is 1.79 bits per heavy atom. The second kappa shape index (κ2) is 6.58. The monoisotopic (exact) mass is 322 g/mol. The molecular weight excluding hydrogens is 304 g/mol. The first kappa shape index (κ1) is 15.8. The van der Waals surface area contributed by atoms with Gasteiger partial charge in [0.05, 0.1) is 23.0 Å². The van der Waals surface area contributed by atoms with Crippen LogP contribution in [-0.2, 0) is 4.79 Å². The maximum Gasteiger partial charge on any atom is 0.308 e. The molecule has 5 heteroatoms. The van der Waals surface area contributed by atoms with Crippen molar-refractivity contribution in [1.29, 1.82) is 0 Å². The average Bonchev–Trinajstić information content (AvgIpc) is 3.08. The van der Waals surface area contributed by atoms with Gasteiger partial charge in [-0.3, -0.25) is 9.59 Å². The standard InChI is InChI=1S/C19H18N2O3/c1-12(19(23)24)16(13-6-3-2-4-7-13)21-18(22)15-9-5-8-14-10-11-20-17(14)15/h2-12,16,20H,1H3,(H,21,22)(H,23,24)/t12-,16+/m0/s1. The Morgan fingerprint density at radius 3 is 2.50 bits per heavy atom. The smallest absolute Gasteiger partial charge is 0.308 e. The zero-order chi connectivity index (χ0) is 17.1. The molecule has 0 aliphatic rings. The highest BCUT2D eigenvalue weighted by molar-refractivity contribution is 6.05. The van der Waals surface area contributed by atoms with E-state index in [1.165, 1.54) is 0 Å². The number of nitrogens with one attached hydrogen (secondary N) is 2. The number of hydrogen-bond acceptors (Lipinski definition) is 2. The SMILES string of the molecule is C[C@H](C(=O)O)[C@@H](NC(=O)c1cccc2cc[nH]c12)c1ccccc1. The number of aromatic nitrogens is 1. The van der Waals surface area contributed by atoms with E-state index in [1.807, 2.05) is 48.5 Å². The second-order valence-electron chi connectivity index (χ2n) is 5.74. The van der Waals surface area contributed by atoms with Gasteiger partial charge < -0.3 is 15.4 Å². The van der Waals surface area contributed by atoms with Crippen molar-refractivity contribution in [2.24, 2.45) is 5.92 Å². The average molecular weight is 322 g/mol. The van der Waals surface area contributed by atoms with Crippen molar-refractivity contribution < 1.29 is 14.7 Å². The van der Waals surface area contributed by atoms with Gasteiger partial charge in [-0.2, -0.15) is 0 Å². The van der Waals surface area contributed by atoms with Crippen LogP contribution in [0.25, 0.3) is 10.9 Å². The third kappa shape index (κ3) is 3.01. The van der Waals surface area contributed by atoms with E-state index in [2.05, 4.69) is 10.3 Å². The summed E-state index contributed by atoms with van der Waals surface area (Å²) in [4.78, 5) is 27.2. The van der Waals surface area contributed by atoms with Crippen LogP contribution >= 0.6 is 0 Å². The Labute approximate surface area is 139 Å². The number of carboxylic acid groups (broad SMARTS) is 1. The van der Waals surface area contributed by atoms with E-state index in [0.717, 1.165) is 16.5 Å². The summed E-state index contributed by atoms with van der Waals surface area (Å²) in [5.41, 5.74) is 2.00. The van der Waals surface area contributed by atoms with Crippen molar-refractivity contribution in [3.63, 3.8) is 0 Å². The van der Waals surface area contributed by atoms with Gasteiger partial charge in [0.25, 0.3) is 5.91 Å². The van der Waals surface area contributed by atoms with Crippen molar-refractivity contribution in [2.45, 2.75) is 13.0 Å². The number of rotatable bonds is 5. The van der Waals surface area contributed by atoms with Crippen molar-refractivity contribution in [1.82, 2.24) is 10.3 Å². The van der Waals surface area contributed by atoms with Gasteiger partial charge in [0.2, 0.25) is 0 Å². The highest BCUT2D eigenvalue weighted by Gasteiger charge is 2.27. The second-order valence-corrected chi connectivity index (χ2v) is 5.74. The molecule has 1 heterocycles. The molecule has 0 unspecified atom stereocenters. The van der Waals surface area contributed by atoms with Crippen LogP contribution in [-0.4, -0.2) is 22.0 Å². The number of carboxylic acids is 1. The predicted molar refractivity (Wildman–Crippen MR) is 91.7 cm³/mol. The Kier molecular flexibility index (Phi) is 4.33. The minimum Gasteiger partial charge on any atom is -0.481 e. The first-order valence-electron chi connectivity index (χ1n) is 7.72. The number of H-pyrrole nitrogens is 1. The quantitative estimate of drug-likeness (QED) is 0.673. The Balaban J connectivity index is 1.94. The molecule has 122 valence electrons. The van der Waals surface area contributed by atoms with Crippen LogP contribution in [0, 0.1) is 5.92 Å². The summed E-state index contributed by atoms with van der Waals surface area (Å²) >= 11 is 0. The number of carbonyl (C=O) groups excluding carboxylic acids is 1. The van der Waals surface area contributed by atoms with E-state index in [0.29, 0.717) is 5.56 Å². The van der Waals surface area contributed by atoms with Crippen LogP contribution in [0.4, 0.5) is 0 Å². The number of hydrogen-bond donors (Lipinski definition) is 3. The number of aliphatic carboxylic acids is 1. The fraction of sp³-hybridized carbons (Fsp3) is 0.158. The van der Waals surface area contributed by atoms with Gasteiger partial charge in [-0.1, -0.05) is 42.5 Å². The molecule has 0 bridgehead atoms. The lowest BCUT2D eigenvalue weighted by atomic mass is 9.94. The summed E-state index contributed by atoms with van der Waals surface area (Å²) in [5.74, 6) is -2.01. The van der Waals surface area contributed by atoms with Crippen molar-refractivity contribution in [3.05, 3.63) is 71.9 Å². The minimum atomic E-state index is -0.956. The largest absolute Gasteiger partial charge is 0.481 e. The topological polar surface area (TPSA) is 82.2 Å². The van der Waals surface area contributed by atoms with E-state index in [9.17, 15) is 14.7 Å². The molecule has 0 fully saturated rings. The molecular formula is C19H18N2O3. The van der Waals surface area contributed by atoms with Gasteiger partial charge in [-0.05, 0) is 24.6 Å². The maximum atomic E-state index is 12.7. The van der Waals surface area contributed by atoms with E-state index < -0.39 is 17.9 Å².